The van der Waals surface area contributed by atoms with Crippen LogP contribution in [0.5, 0.6) is 0 Å². The van der Waals surface area contributed by atoms with Crippen molar-refractivity contribution < 1.29 is 13.2 Å². The van der Waals surface area contributed by atoms with Crippen LogP contribution in [-0.2, 0) is 6.42 Å². The largest absolute Gasteiger partial charge is 0.390 e. The number of benzene rings is 1. The molecule has 0 radical (unpaired) electrons. The first kappa shape index (κ1) is 16.3. The van der Waals surface area contributed by atoms with E-state index in [2.05, 4.69) is 29.2 Å². The lowest BCUT2D eigenvalue weighted by atomic mass is 10.1. The summed E-state index contributed by atoms with van der Waals surface area (Å²) in [6, 6.07) is 10.4. The first-order valence-corrected chi connectivity index (χ1v) is 7.58. The van der Waals surface area contributed by atoms with Crippen LogP contribution < -0.4 is 0 Å². The quantitative estimate of drug-likeness (QED) is 0.796. The van der Waals surface area contributed by atoms with Crippen molar-refractivity contribution in [1.82, 2.24) is 9.80 Å². The zero-order valence-corrected chi connectivity index (χ0v) is 12.3. The highest BCUT2D eigenvalue weighted by atomic mass is 19.4. The van der Waals surface area contributed by atoms with Gasteiger partial charge in [-0.25, -0.2) is 0 Å². The monoisotopic (exact) mass is 300 g/mol. The van der Waals surface area contributed by atoms with Crippen LogP contribution in [0.25, 0.3) is 0 Å². The van der Waals surface area contributed by atoms with Gasteiger partial charge < -0.3 is 9.80 Å². The molecule has 0 saturated carbocycles. The molecule has 5 heteroatoms. The Morgan fingerprint density at radius 1 is 0.857 bits per heavy atom. The lowest BCUT2D eigenvalue weighted by Gasteiger charge is -2.34. The standard InChI is InChI=1S/C16H23F3N2/c17-16(18,19)8-10-21-13-11-20(12-14-21)9-4-7-15-5-2-1-3-6-15/h1-3,5-6H,4,7-14H2. The Morgan fingerprint density at radius 3 is 2.00 bits per heavy atom. The van der Waals surface area contributed by atoms with Gasteiger partial charge in [0, 0.05) is 32.7 Å². The molecule has 1 aromatic carbocycles. The van der Waals surface area contributed by atoms with Gasteiger partial charge in [0.15, 0.2) is 0 Å². The second-order valence-electron chi connectivity index (χ2n) is 5.64. The third-order valence-electron chi connectivity index (χ3n) is 3.96. The van der Waals surface area contributed by atoms with E-state index in [-0.39, 0.29) is 6.54 Å². The molecular weight excluding hydrogens is 277 g/mol. The summed E-state index contributed by atoms with van der Waals surface area (Å²) in [7, 11) is 0. The summed E-state index contributed by atoms with van der Waals surface area (Å²) in [5.41, 5.74) is 1.35. The van der Waals surface area contributed by atoms with Gasteiger partial charge in [-0.1, -0.05) is 30.3 Å². The van der Waals surface area contributed by atoms with Gasteiger partial charge in [0.25, 0.3) is 0 Å². The van der Waals surface area contributed by atoms with Crippen molar-refractivity contribution in [3.05, 3.63) is 35.9 Å². The molecule has 1 fully saturated rings. The van der Waals surface area contributed by atoms with Crippen LogP contribution in [0.1, 0.15) is 18.4 Å². The van der Waals surface area contributed by atoms with Crippen LogP contribution in [0, 0.1) is 0 Å². The highest BCUT2D eigenvalue weighted by molar-refractivity contribution is 5.14. The highest BCUT2D eigenvalue weighted by Gasteiger charge is 2.28. The SMILES string of the molecule is FC(F)(F)CCN1CCN(CCCc2ccccc2)CC1. The average Bonchev–Trinajstić information content (AvgIpc) is 2.47. The van der Waals surface area contributed by atoms with Gasteiger partial charge in [0.2, 0.25) is 0 Å². The fourth-order valence-corrected chi connectivity index (χ4v) is 2.67. The number of hydrogen-bond donors (Lipinski definition) is 0. The molecule has 1 heterocycles. The molecule has 0 spiro atoms. The maximum atomic E-state index is 12.2. The van der Waals surface area contributed by atoms with Crippen molar-refractivity contribution >= 4 is 0 Å². The normalized spacial score (nSPS) is 18.0. The Morgan fingerprint density at radius 2 is 1.43 bits per heavy atom. The first-order chi connectivity index (χ1) is 10.0. The molecule has 0 unspecified atom stereocenters. The molecule has 0 aromatic heterocycles. The second kappa shape index (κ2) is 7.80. The molecule has 0 amide bonds. The van der Waals surface area contributed by atoms with Gasteiger partial charge in [-0.3, -0.25) is 0 Å². The lowest BCUT2D eigenvalue weighted by molar-refractivity contribution is -0.138. The van der Waals surface area contributed by atoms with Gasteiger partial charge >= 0.3 is 6.18 Å². The first-order valence-electron chi connectivity index (χ1n) is 7.58. The Labute approximate surface area is 124 Å². The summed E-state index contributed by atoms with van der Waals surface area (Å²) in [4.78, 5) is 4.27. The van der Waals surface area contributed by atoms with E-state index in [0.29, 0.717) is 0 Å². The van der Waals surface area contributed by atoms with Crippen LogP contribution in [0.2, 0.25) is 0 Å². The van der Waals surface area contributed by atoms with Crippen molar-refractivity contribution in [2.45, 2.75) is 25.4 Å². The van der Waals surface area contributed by atoms with Crippen molar-refractivity contribution in [1.29, 1.82) is 0 Å². The predicted octanol–water partition coefficient (Wildman–Crippen LogP) is 3.19. The van der Waals surface area contributed by atoms with Crippen LogP contribution in [0.3, 0.4) is 0 Å². The maximum Gasteiger partial charge on any atom is 0.390 e. The Balaban J connectivity index is 1.59. The Hall–Kier alpha value is -1.07. The molecule has 2 nitrogen and oxygen atoms in total. The molecule has 2 rings (SSSR count). The van der Waals surface area contributed by atoms with E-state index in [0.717, 1.165) is 45.6 Å². The number of piperazine rings is 1. The number of aryl methyl sites for hydroxylation is 1. The molecular formula is C16H23F3N2. The molecule has 118 valence electrons. The van der Waals surface area contributed by atoms with Gasteiger partial charge in [-0.15, -0.1) is 0 Å². The van der Waals surface area contributed by atoms with Crippen LogP contribution in [0.4, 0.5) is 13.2 Å². The molecule has 1 saturated heterocycles. The lowest BCUT2D eigenvalue weighted by Crippen LogP contribution is -2.47. The third kappa shape index (κ3) is 6.48. The number of halogens is 3. The van der Waals surface area contributed by atoms with Crippen molar-refractivity contribution in [3.63, 3.8) is 0 Å². The molecule has 0 atom stereocenters. The highest BCUT2D eigenvalue weighted by Crippen LogP contribution is 2.20. The van der Waals surface area contributed by atoms with Crippen molar-refractivity contribution in [3.8, 4) is 0 Å². The fourth-order valence-electron chi connectivity index (χ4n) is 2.67. The van der Waals surface area contributed by atoms with Crippen molar-refractivity contribution in [2.75, 3.05) is 39.3 Å². The predicted molar refractivity (Wildman–Crippen MR) is 78.3 cm³/mol. The number of hydrogen-bond acceptors (Lipinski definition) is 2. The van der Waals surface area contributed by atoms with Crippen LogP contribution in [-0.4, -0.2) is 55.2 Å². The molecule has 1 aliphatic heterocycles. The van der Waals surface area contributed by atoms with Crippen LogP contribution in [0.15, 0.2) is 30.3 Å². The summed E-state index contributed by atoms with van der Waals surface area (Å²) in [6.45, 7) is 4.44. The van der Waals surface area contributed by atoms with E-state index >= 15 is 0 Å². The average molecular weight is 300 g/mol. The van der Waals surface area contributed by atoms with Gasteiger partial charge in [-0.05, 0) is 24.9 Å². The Bertz CT molecular complexity index is 398. The zero-order chi connectivity index (χ0) is 15.1. The van der Waals surface area contributed by atoms with E-state index in [9.17, 15) is 13.2 Å². The summed E-state index contributed by atoms with van der Waals surface area (Å²) in [5, 5.41) is 0. The third-order valence-corrected chi connectivity index (χ3v) is 3.96. The van der Waals surface area contributed by atoms with E-state index in [1.54, 1.807) is 0 Å². The molecule has 1 aliphatic rings. The summed E-state index contributed by atoms with van der Waals surface area (Å²) in [5.74, 6) is 0. The number of nitrogens with zero attached hydrogens (tertiary/aromatic N) is 2. The van der Waals surface area contributed by atoms with E-state index in [1.807, 2.05) is 11.0 Å². The van der Waals surface area contributed by atoms with Crippen LogP contribution >= 0.6 is 0 Å². The smallest absolute Gasteiger partial charge is 0.301 e. The fraction of sp³-hybridized carbons (Fsp3) is 0.625. The summed E-state index contributed by atoms with van der Waals surface area (Å²) >= 11 is 0. The maximum absolute atomic E-state index is 12.2. The minimum Gasteiger partial charge on any atom is -0.301 e. The molecule has 0 aliphatic carbocycles. The van der Waals surface area contributed by atoms with E-state index in [4.69, 9.17) is 0 Å². The Kier molecular flexibility index (Phi) is 6.06. The number of alkyl halides is 3. The molecule has 0 N–H and O–H groups in total. The minimum absolute atomic E-state index is 0.140. The second-order valence-corrected chi connectivity index (χ2v) is 5.64. The molecule has 0 bridgehead atoms. The minimum atomic E-state index is -4.03. The number of rotatable bonds is 6. The topological polar surface area (TPSA) is 6.48 Å². The molecule has 1 aromatic rings. The van der Waals surface area contributed by atoms with E-state index in [1.165, 1.54) is 5.56 Å². The van der Waals surface area contributed by atoms with Crippen molar-refractivity contribution in [2.24, 2.45) is 0 Å². The van der Waals surface area contributed by atoms with Gasteiger partial charge in [0.05, 0.1) is 6.42 Å². The molecule has 21 heavy (non-hydrogen) atoms. The van der Waals surface area contributed by atoms with Gasteiger partial charge in [0.1, 0.15) is 0 Å². The summed E-state index contributed by atoms with van der Waals surface area (Å²) < 4.78 is 36.5. The van der Waals surface area contributed by atoms with E-state index < -0.39 is 12.6 Å². The summed E-state index contributed by atoms with van der Waals surface area (Å²) in [6.07, 6.45) is -2.56. The van der Waals surface area contributed by atoms with Gasteiger partial charge in [-0.2, -0.15) is 13.2 Å². The zero-order valence-electron chi connectivity index (χ0n) is 12.3.